The highest BCUT2D eigenvalue weighted by Gasteiger charge is 2.06. The monoisotopic (exact) mass is 475 g/mol. The molecule has 0 aromatic heterocycles. The quantitative estimate of drug-likeness (QED) is 0.0707. The molecule has 0 fully saturated rings. The normalized spacial score (nSPS) is 12.0. The van der Waals surface area contributed by atoms with Gasteiger partial charge in [0.1, 0.15) is 12.4 Å². The highest BCUT2D eigenvalue weighted by atomic mass is 16.5. The Morgan fingerprint density at radius 2 is 1.53 bits per heavy atom. The minimum absolute atomic E-state index is 0.297. The molecule has 0 atom stereocenters. The molecule has 0 aliphatic heterocycles. The number of nitrogens with one attached hydrogen (secondary N) is 1. The van der Waals surface area contributed by atoms with E-state index in [-0.39, 0.29) is 0 Å². The van der Waals surface area contributed by atoms with Crippen molar-refractivity contribution >= 4 is 11.9 Å². The van der Waals surface area contributed by atoms with Gasteiger partial charge in [0.25, 0.3) is 0 Å². The second kappa shape index (κ2) is 36.8. The predicted octanol–water partition coefficient (Wildman–Crippen LogP) is 6.04. The van der Waals surface area contributed by atoms with Crippen LogP contribution in [0, 0.1) is 12.8 Å². The molecule has 0 unspecified atom stereocenters. The fourth-order valence-electron chi connectivity index (χ4n) is 1.95. The number of nitrogens with two attached hydrogens (primary N) is 3. The molecule has 1 amide bonds. The van der Waals surface area contributed by atoms with E-state index in [0.717, 1.165) is 5.57 Å². The van der Waals surface area contributed by atoms with Crippen LogP contribution in [0.25, 0.3) is 0 Å². The summed E-state index contributed by atoms with van der Waals surface area (Å²) in [6, 6.07) is 0. The number of rotatable bonds is 6. The molecule has 0 aromatic carbocycles. The fourth-order valence-corrected chi connectivity index (χ4v) is 1.95. The number of hydrazone groups is 1. The van der Waals surface area contributed by atoms with Gasteiger partial charge in [-0.2, -0.15) is 5.10 Å². The number of carbonyl (C=O) groups is 1. The van der Waals surface area contributed by atoms with Crippen LogP contribution in [-0.4, -0.2) is 18.5 Å². The van der Waals surface area contributed by atoms with Gasteiger partial charge in [-0.1, -0.05) is 70.0 Å². The third-order valence-corrected chi connectivity index (χ3v) is 3.51. The second-order valence-corrected chi connectivity index (χ2v) is 6.06. The van der Waals surface area contributed by atoms with Gasteiger partial charge in [0, 0.05) is 0 Å². The second-order valence-electron chi connectivity index (χ2n) is 6.06. The van der Waals surface area contributed by atoms with Crippen LogP contribution in [0.4, 0.5) is 4.79 Å². The summed E-state index contributed by atoms with van der Waals surface area (Å²) in [5.74, 6) is 5.14. The molecule has 0 saturated heterocycles. The van der Waals surface area contributed by atoms with Crippen molar-refractivity contribution in [2.75, 3.05) is 6.61 Å². The summed E-state index contributed by atoms with van der Waals surface area (Å²) < 4.78 is 4.47. The van der Waals surface area contributed by atoms with Crippen LogP contribution in [0.15, 0.2) is 78.0 Å². The molecule has 194 valence electrons. The van der Waals surface area contributed by atoms with E-state index in [9.17, 15) is 4.79 Å². The van der Waals surface area contributed by atoms with E-state index in [1.54, 1.807) is 19.1 Å². The zero-order valence-corrected chi connectivity index (χ0v) is 22.3. The number of hydrogen-bond acceptors (Lipinski definition) is 5. The minimum atomic E-state index is -0.726. The highest BCUT2D eigenvalue weighted by Crippen LogP contribution is 2.25. The van der Waals surface area contributed by atoms with Crippen molar-refractivity contribution in [3.8, 4) is 12.8 Å². The molecule has 0 saturated carbocycles. The fraction of sp³-hybridized carbons (Fsp3) is 0.407. The van der Waals surface area contributed by atoms with Crippen molar-refractivity contribution in [3.05, 3.63) is 72.9 Å². The standard InChI is InChI=1S/C11H16.C6H11NO2.C4H6.C2H8N4.C2H6.C2H2/c1-3-7-11-9-6-5-8-10(11)4-2;1-3-5(2)4-9-6(7)8;1-3-4-2;1-2(3)5-6-4;2*1-2/h3-4,7H,2,5-6,8-9H2,1H3;3H,4H2,1-2H3,(H2,7,8);3-4H,1-2H2;6H,4H2,1H3,(H2,3,5);1-2H3;1-2H/b7-3-;5-3+;;;;. The molecule has 0 heterocycles. The molecule has 34 heavy (non-hydrogen) atoms. The van der Waals surface area contributed by atoms with Crippen molar-refractivity contribution in [2.45, 2.75) is 67.2 Å². The first-order chi connectivity index (χ1) is 16.2. The molecular weight excluding hydrogens is 426 g/mol. The van der Waals surface area contributed by atoms with Crippen LogP contribution in [0.2, 0.25) is 0 Å². The number of primary amides is 1. The van der Waals surface area contributed by atoms with Crippen molar-refractivity contribution in [3.63, 3.8) is 0 Å². The molecular formula is C27H49N5O2. The molecule has 7 N–H and O–H groups in total. The Balaban J connectivity index is -0.000000110. The average molecular weight is 476 g/mol. The van der Waals surface area contributed by atoms with E-state index in [4.69, 9.17) is 17.3 Å². The van der Waals surface area contributed by atoms with E-state index in [1.165, 1.54) is 36.8 Å². The topological polar surface area (TPSA) is 129 Å². The molecule has 0 aromatic rings. The minimum Gasteiger partial charge on any atom is -0.445 e. The van der Waals surface area contributed by atoms with Gasteiger partial charge >= 0.3 is 6.09 Å². The molecule has 0 radical (unpaired) electrons. The smallest absolute Gasteiger partial charge is 0.404 e. The molecule has 0 bridgehead atoms. The maximum atomic E-state index is 9.99. The third kappa shape index (κ3) is 39.0. The summed E-state index contributed by atoms with van der Waals surface area (Å²) >= 11 is 0. The van der Waals surface area contributed by atoms with Crippen molar-refractivity contribution < 1.29 is 9.53 Å². The van der Waals surface area contributed by atoms with Crippen LogP contribution in [0.3, 0.4) is 0 Å². The predicted molar refractivity (Wildman–Crippen MR) is 152 cm³/mol. The van der Waals surface area contributed by atoms with Crippen LogP contribution in [0.5, 0.6) is 0 Å². The first kappa shape index (κ1) is 40.8. The van der Waals surface area contributed by atoms with Gasteiger partial charge in [-0.3, -0.25) is 0 Å². The summed E-state index contributed by atoms with van der Waals surface area (Å²) in [5.41, 5.74) is 15.7. The molecule has 1 aliphatic carbocycles. The highest BCUT2D eigenvalue weighted by molar-refractivity contribution is 5.76. The molecule has 0 spiro atoms. The van der Waals surface area contributed by atoms with Crippen molar-refractivity contribution in [2.24, 2.45) is 22.4 Å². The van der Waals surface area contributed by atoms with Crippen LogP contribution < -0.4 is 22.8 Å². The van der Waals surface area contributed by atoms with Gasteiger partial charge < -0.3 is 16.2 Å². The lowest BCUT2D eigenvalue weighted by atomic mass is 9.91. The van der Waals surface area contributed by atoms with Gasteiger partial charge in [0.2, 0.25) is 0 Å². The Morgan fingerprint density at radius 3 is 1.79 bits per heavy atom. The van der Waals surface area contributed by atoms with E-state index in [1.807, 2.05) is 45.4 Å². The van der Waals surface area contributed by atoms with Gasteiger partial charge in [0.15, 0.2) is 0 Å². The zero-order chi connectivity index (χ0) is 27.8. The first-order valence-electron chi connectivity index (χ1n) is 11.1. The van der Waals surface area contributed by atoms with E-state index in [0.29, 0.717) is 12.4 Å². The van der Waals surface area contributed by atoms with E-state index in [2.05, 4.69) is 61.5 Å². The SMILES string of the molecule is C#C.C/C(N)=N/NN.C/C=C(\C)COC(N)=O.C=CC1=C(/C=C\C)CCCC1.C=CC=C.CC. The maximum absolute atomic E-state index is 9.99. The van der Waals surface area contributed by atoms with E-state index < -0.39 is 6.09 Å². The number of hydrazine groups is 1. The number of carbonyl (C=O) groups excluding carboxylic acids is 1. The van der Waals surface area contributed by atoms with Gasteiger partial charge in [-0.25, -0.2) is 16.2 Å². The number of terminal acetylenes is 1. The zero-order valence-electron chi connectivity index (χ0n) is 22.3. The van der Waals surface area contributed by atoms with Gasteiger partial charge in [-0.05, 0) is 70.1 Å². The molecule has 7 nitrogen and oxygen atoms in total. The summed E-state index contributed by atoms with van der Waals surface area (Å²) in [6.45, 7) is 22.3. The van der Waals surface area contributed by atoms with Gasteiger partial charge in [0.05, 0.1) is 0 Å². The maximum Gasteiger partial charge on any atom is 0.404 e. The largest absolute Gasteiger partial charge is 0.445 e. The number of ether oxygens (including phenoxy) is 1. The van der Waals surface area contributed by atoms with Crippen LogP contribution in [0.1, 0.15) is 67.2 Å². The third-order valence-electron chi connectivity index (χ3n) is 3.51. The Kier molecular flexibility index (Phi) is 44.2. The number of hydrogen-bond donors (Lipinski definition) is 4. The summed E-state index contributed by atoms with van der Waals surface area (Å²) in [6.07, 6.45) is 23.9. The summed E-state index contributed by atoms with van der Waals surface area (Å²) in [7, 11) is 0. The number of allylic oxidation sites excluding steroid dienone is 8. The van der Waals surface area contributed by atoms with E-state index >= 15 is 0 Å². The Hall–Kier alpha value is -3.50. The lowest BCUT2D eigenvalue weighted by molar-refractivity contribution is 0.166. The first-order valence-corrected chi connectivity index (χ1v) is 11.1. The molecule has 7 heteroatoms. The van der Waals surface area contributed by atoms with Crippen LogP contribution >= 0.6 is 0 Å². The Morgan fingerprint density at radius 1 is 1.06 bits per heavy atom. The van der Waals surface area contributed by atoms with Crippen LogP contribution in [-0.2, 0) is 4.74 Å². The Bertz CT molecular complexity index is 647. The average Bonchev–Trinajstić information content (AvgIpc) is 2.86. The summed E-state index contributed by atoms with van der Waals surface area (Å²) in [4.78, 5) is 9.99. The molecule has 1 rings (SSSR count). The lowest BCUT2D eigenvalue weighted by Crippen LogP contribution is -2.19. The van der Waals surface area contributed by atoms with Gasteiger partial charge in [-0.15, -0.1) is 12.8 Å². The number of amidine groups is 1. The Labute approximate surface area is 209 Å². The molecule has 1 aliphatic rings. The number of nitrogens with zero attached hydrogens (tertiary/aromatic N) is 1. The van der Waals surface area contributed by atoms with Crippen molar-refractivity contribution in [1.82, 2.24) is 5.53 Å². The lowest BCUT2D eigenvalue weighted by Gasteiger charge is -2.14. The summed E-state index contributed by atoms with van der Waals surface area (Å²) in [5, 5.41) is 3.35. The van der Waals surface area contributed by atoms with Crippen molar-refractivity contribution in [1.29, 1.82) is 0 Å². The number of amides is 1.